The van der Waals surface area contributed by atoms with Crippen molar-refractivity contribution in [2.24, 2.45) is 7.05 Å². The Hall–Kier alpha value is -1.96. The number of benzene rings is 1. The molecular formula is C17H23ClFN5O. The normalized spacial score (nSPS) is 17.8. The highest BCUT2D eigenvalue weighted by Gasteiger charge is 2.28. The zero-order chi connectivity index (χ0) is 16.9. The second-order valence-corrected chi connectivity index (χ2v) is 5.95. The standard InChI is InChI=1S/C17H22FN5O.ClH/c1-22-8-7-20-17(22)15-11-19-6-9-23(15)12-16(24)21-10-13-4-2-3-5-14(13)18;/h2-5,7-8,15,19H,6,9-12H2,1H3,(H,21,24);1H. The molecule has 0 bridgehead atoms. The van der Waals surface area contributed by atoms with Gasteiger partial charge < -0.3 is 15.2 Å². The summed E-state index contributed by atoms with van der Waals surface area (Å²) in [7, 11) is 1.95. The molecule has 2 heterocycles. The van der Waals surface area contributed by atoms with Gasteiger partial charge in [0.1, 0.15) is 11.6 Å². The van der Waals surface area contributed by atoms with E-state index < -0.39 is 0 Å². The van der Waals surface area contributed by atoms with Crippen LogP contribution in [0.3, 0.4) is 0 Å². The van der Waals surface area contributed by atoms with E-state index in [-0.39, 0.29) is 43.3 Å². The molecule has 1 unspecified atom stereocenters. The molecule has 136 valence electrons. The van der Waals surface area contributed by atoms with Crippen LogP contribution in [-0.2, 0) is 18.4 Å². The van der Waals surface area contributed by atoms with E-state index in [4.69, 9.17) is 0 Å². The second kappa shape index (κ2) is 8.94. The van der Waals surface area contributed by atoms with Crippen LogP contribution < -0.4 is 10.6 Å². The third-order valence-corrected chi connectivity index (χ3v) is 4.29. The minimum atomic E-state index is -0.300. The van der Waals surface area contributed by atoms with Crippen LogP contribution in [0, 0.1) is 5.82 Å². The molecule has 1 amide bonds. The molecule has 8 heteroatoms. The molecular weight excluding hydrogens is 345 g/mol. The van der Waals surface area contributed by atoms with Gasteiger partial charge in [-0.1, -0.05) is 18.2 Å². The van der Waals surface area contributed by atoms with Crippen molar-refractivity contribution in [3.8, 4) is 0 Å². The van der Waals surface area contributed by atoms with Crippen LogP contribution in [0.4, 0.5) is 4.39 Å². The average Bonchev–Trinajstić information content (AvgIpc) is 3.00. The number of imidazole rings is 1. The predicted molar refractivity (Wildman–Crippen MR) is 95.9 cm³/mol. The van der Waals surface area contributed by atoms with E-state index in [1.807, 2.05) is 17.8 Å². The zero-order valence-electron chi connectivity index (χ0n) is 14.1. The lowest BCUT2D eigenvalue weighted by Crippen LogP contribution is -2.50. The van der Waals surface area contributed by atoms with Crippen molar-refractivity contribution in [1.29, 1.82) is 0 Å². The van der Waals surface area contributed by atoms with Crippen molar-refractivity contribution < 1.29 is 9.18 Å². The van der Waals surface area contributed by atoms with Gasteiger partial charge >= 0.3 is 0 Å². The summed E-state index contributed by atoms with van der Waals surface area (Å²) in [6.07, 6.45) is 3.67. The number of nitrogens with zero attached hydrogens (tertiary/aromatic N) is 3. The Bertz CT molecular complexity index is 708. The lowest BCUT2D eigenvalue weighted by atomic mass is 10.1. The van der Waals surface area contributed by atoms with Crippen LogP contribution >= 0.6 is 12.4 Å². The maximum Gasteiger partial charge on any atom is 0.234 e. The highest BCUT2D eigenvalue weighted by molar-refractivity contribution is 5.85. The van der Waals surface area contributed by atoms with Crippen molar-refractivity contribution in [2.75, 3.05) is 26.2 Å². The maximum atomic E-state index is 13.6. The number of halogens is 2. The minimum Gasteiger partial charge on any atom is -0.351 e. The molecule has 6 nitrogen and oxygen atoms in total. The number of nitrogens with one attached hydrogen (secondary N) is 2. The first-order valence-corrected chi connectivity index (χ1v) is 8.07. The smallest absolute Gasteiger partial charge is 0.234 e. The van der Waals surface area contributed by atoms with Crippen LogP contribution in [0.1, 0.15) is 17.4 Å². The number of hydrogen-bond donors (Lipinski definition) is 2. The van der Waals surface area contributed by atoms with E-state index in [0.717, 1.165) is 25.5 Å². The quantitative estimate of drug-likeness (QED) is 0.834. The molecule has 0 aliphatic carbocycles. The number of carbonyl (C=O) groups excluding carboxylic acids is 1. The Labute approximate surface area is 152 Å². The molecule has 1 saturated heterocycles. The van der Waals surface area contributed by atoms with Crippen molar-refractivity contribution >= 4 is 18.3 Å². The van der Waals surface area contributed by atoms with Gasteiger partial charge in [-0.05, 0) is 6.07 Å². The van der Waals surface area contributed by atoms with Crippen LogP contribution in [0.2, 0.25) is 0 Å². The zero-order valence-corrected chi connectivity index (χ0v) is 14.9. The van der Waals surface area contributed by atoms with Gasteiger partial charge in [-0.2, -0.15) is 0 Å². The number of hydrogen-bond acceptors (Lipinski definition) is 4. The van der Waals surface area contributed by atoms with Gasteiger partial charge in [0, 0.05) is 51.2 Å². The second-order valence-electron chi connectivity index (χ2n) is 5.95. The number of carbonyl (C=O) groups is 1. The summed E-state index contributed by atoms with van der Waals surface area (Å²) in [5, 5.41) is 6.14. The highest BCUT2D eigenvalue weighted by Crippen LogP contribution is 2.19. The van der Waals surface area contributed by atoms with Crippen LogP contribution in [0.15, 0.2) is 36.7 Å². The Morgan fingerprint density at radius 3 is 2.96 bits per heavy atom. The lowest BCUT2D eigenvalue weighted by molar-refractivity contribution is -0.123. The number of aromatic nitrogens is 2. The molecule has 0 radical (unpaired) electrons. The average molecular weight is 368 g/mol. The first-order valence-electron chi connectivity index (χ1n) is 8.07. The molecule has 1 aromatic carbocycles. The van der Waals surface area contributed by atoms with Crippen LogP contribution in [0.5, 0.6) is 0 Å². The summed E-state index contributed by atoms with van der Waals surface area (Å²) in [5.74, 6) is 0.523. The number of aryl methyl sites for hydroxylation is 1. The van der Waals surface area contributed by atoms with E-state index >= 15 is 0 Å². The van der Waals surface area contributed by atoms with Gasteiger partial charge in [0.05, 0.1) is 12.6 Å². The molecule has 1 aliphatic rings. The topological polar surface area (TPSA) is 62.2 Å². The van der Waals surface area contributed by atoms with Crippen molar-refractivity contribution in [1.82, 2.24) is 25.1 Å². The van der Waals surface area contributed by atoms with Crippen LogP contribution in [-0.4, -0.2) is 46.5 Å². The third kappa shape index (κ3) is 4.78. The first-order chi connectivity index (χ1) is 11.6. The maximum absolute atomic E-state index is 13.6. The van der Waals surface area contributed by atoms with Gasteiger partial charge in [0.2, 0.25) is 5.91 Å². The van der Waals surface area contributed by atoms with E-state index in [2.05, 4.69) is 20.5 Å². The fraction of sp³-hybridized carbons (Fsp3) is 0.412. The molecule has 1 aromatic heterocycles. The largest absolute Gasteiger partial charge is 0.351 e. The molecule has 1 aliphatic heterocycles. The number of piperazine rings is 1. The third-order valence-electron chi connectivity index (χ3n) is 4.29. The summed E-state index contributed by atoms with van der Waals surface area (Å²) in [4.78, 5) is 18.8. The summed E-state index contributed by atoms with van der Waals surface area (Å²) in [6, 6.07) is 6.53. The predicted octanol–water partition coefficient (Wildman–Crippen LogP) is 1.24. The molecule has 3 rings (SSSR count). The number of amides is 1. The Kier molecular flexibility index (Phi) is 6.92. The number of rotatable bonds is 5. The van der Waals surface area contributed by atoms with Gasteiger partial charge in [-0.3, -0.25) is 9.69 Å². The van der Waals surface area contributed by atoms with E-state index in [1.165, 1.54) is 6.07 Å². The minimum absolute atomic E-state index is 0. The molecule has 1 atom stereocenters. The first kappa shape index (κ1) is 19.4. The molecule has 0 spiro atoms. The van der Waals surface area contributed by atoms with E-state index in [0.29, 0.717) is 5.56 Å². The van der Waals surface area contributed by atoms with Crippen molar-refractivity contribution in [3.63, 3.8) is 0 Å². The fourth-order valence-electron chi connectivity index (χ4n) is 2.96. The van der Waals surface area contributed by atoms with Crippen molar-refractivity contribution in [2.45, 2.75) is 12.6 Å². The molecule has 25 heavy (non-hydrogen) atoms. The summed E-state index contributed by atoms with van der Waals surface area (Å²) in [5.41, 5.74) is 0.492. The monoisotopic (exact) mass is 367 g/mol. The van der Waals surface area contributed by atoms with Gasteiger partial charge in [-0.25, -0.2) is 9.37 Å². The summed E-state index contributed by atoms with van der Waals surface area (Å²) >= 11 is 0. The van der Waals surface area contributed by atoms with Gasteiger partial charge in [0.15, 0.2) is 0 Å². The summed E-state index contributed by atoms with van der Waals surface area (Å²) < 4.78 is 15.6. The lowest BCUT2D eigenvalue weighted by Gasteiger charge is -2.35. The van der Waals surface area contributed by atoms with Gasteiger partial charge in [-0.15, -0.1) is 12.4 Å². The Morgan fingerprint density at radius 1 is 1.44 bits per heavy atom. The molecule has 2 aromatic rings. The Morgan fingerprint density at radius 2 is 2.24 bits per heavy atom. The van der Waals surface area contributed by atoms with E-state index in [1.54, 1.807) is 24.4 Å². The fourth-order valence-corrected chi connectivity index (χ4v) is 2.96. The molecule has 1 fully saturated rings. The van der Waals surface area contributed by atoms with E-state index in [9.17, 15) is 9.18 Å². The van der Waals surface area contributed by atoms with Crippen LogP contribution in [0.25, 0.3) is 0 Å². The molecule has 0 saturated carbocycles. The summed E-state index contributed by atoms with van der Waals surface area (Å²) in [6.45, 7) is 2.83. The highest BCUT2D eigenvalue weighted by atomic mass is 35.5. The van der Waals surface area contributed by atoms with Crippen molar-refractivity contribution in [3.05, 3.63) is 53.9 Å². The SMILES string of the molecule is Cl.Cn1ccnc1C1CNCCN1CC(=O)NCc1ccccc1F. The van der Waals surface area contributed by atoms with Gasteiger partial charge in [0.25, 0.3) is 0 Å². The molecule has 2 N–H and O–H groups in total. The Balaban J connectivity index is 0.00000225.